The second-order valence-electron chi connectivity index (χ2n) is 7.87. The lowest BCUT2D eigenvalue weighted by molar-refractivity contribution is -0.141. The SMILES string of the molecule is COc1cccc(C2(O)CCN(C(=O)Cc3ccccc3)CC2CN(C)C)c1.Cl. The number of amides is 1. The Labute approximate surface area is 179 Å². The highest BCUT2D eigenvalue weighted by Gasteiger charge is 2.44. The molecule has 0 aromatic heterocycles. The molecule has 2 unspecified atom stereocenters. The zero-order chi connectivity index (χ0) is 20.1. The number of methoxy groups -OCH3 is 1. The van der Waals surface area contributed by atoms with Gasteiger partial charge in [0.1, 0.15) is 5.75 Å². The standard InChI is InChI=1S/C23H30N2O3.ClH/c1-24(2)16-20-17-25(22(26)14-18-8-5-4-6-9-18)13-12-23(20,27)19-10-7-11-21(15-19)28-3;/h4-11,15,20,27H,12-14,16-17H2,1-3H3;1H. The summed E-state index contributed by atoms with van der Waals surface area (Å²) < 4.78 is 5.35. The van der Waals surface area contributed by atoms with Crippen molar-refractivity contribution in [3.63, 3.8) is 0 Å². The number of carbonyl (C=O) groups excluding carboxylic acids is 1. The summed E-state index contributed by atoms with van der Waals surface area (Å²) in [7, 11) is 5.62. The summed E-state index contributed by atoms with van der Waals surface area (Å²) in [5.74, 6) is 0.767. The Bertz CT molecular complexity index is 800. The van der Waals surface area contributed by atoms with Gasteiger partial charge >= 0.3 is 0 Å². The highest BCUT2D eigenvalue weighted by molar-refractivity contribution is 5.85. The van der Waals surface area contributed by atoms with Crippen LogP contribution in [0.4, 0.5) is 0 Å². The van der Waals surface area contributed by atoms with Crippen molar-refractivity contribution in [1.82, 2.24) is 9.80 Å². The molecule has 29 heavy (non-hydrogen) atoms. The van der Waals surface area contributed by atoms with Gasteiger partial charge in [-0.2, -0.15) is 0 Å². The Morgan fingerprint density at radius 2 is 1.93 bits per heavy atom. The first-order chi connectivity index (χ1) is 13.4. The van der Waals surface area contributed by atoms with Gasteiger partial charge in [0.25, 0.3) is 0 Å². The molecule has 1 amide bonds. The summed E-state index contributed by atoms with van der Waals surface area (Å²) in [5, 5.41) is 11.6. The number of rotatable bonds is 6. The zero-order valence-corrected chi connectivity index (χ0v) is 18.2. The third-order valence-corrected chi connectivity index (χ3v) is 5.59. The predicted molar refractivity (Wildman–Crippen MR) is 118 cm³/mol. The fourth-order valence-electron chi connectivity index (χ4n) is 4.05. The summed E-state index contributed by atoms with van der Waals surface area (Å²) >= 11 is 0. The first kappa shape index (κ1) is 23.2. The summed E-state index contributed by atoms with van der Waals surface area (Å²) in [6, 6.07) is 17.5. The minimum atomic E-state index is -0.984. The first-order valence-corrected chi connectivity index (χ1v) is 9.75. The second-order valence-corrected chi connectivity index (χ2v) is 7.87. The van der Waals surface area contributed by atoms with Gasteiger partial charge in [0.15, 0.2) is 0 Å². The average Bonchev–Trinajstić information content (AvgIpc) is 2.70. The van der Waals surface area contributed by atoms with E-state index in [1.165, 1.54) is 0 Å². The van der Waals surface area contributed by atoms with Crippen LogP contribution in [-0.2, 0) is 16.8 Å². The maximum absolute atomic E-state index is 12.9. The highest BCUT2D eigenvalue weighted by atomic mass is 35.5. The average molecular weight is 419 g/mol. The lowest BCUT2D eigenvalue weighted by Crippen LogP contribution is -2.54. The molecule has 1 aliphatic rings. The van der Waals surface area contributed by atoms with Crippen LogP contribution >= 0.6 is 12.4 Å². The molecule has 6 heteroatoms. The van der Waals surface area contributed by atoms with Crippen LogP contribution in [0.1, 0.15) is 17.5 Å². The van der Waals surface area contributed by atoms with Crippen LogP contribution in [0.3, 0.4) is 0 Å². The van der Waals surface area contributed by atoms with Crippen LogP contribution in [0.2, 0.25) is 0 Å². The minimum Gasteiger partial charge on any atom is -0.497 e. The largest absolute Gasteiger partial charge is 0.497 e. The van der Waals surface area contributed by atoms with Crippen LogP contribution in [-0.4, -0.2) is 61.7 Å². The van der Waals surface area contributed by atoms with E-state index >= 15 is 0 Å². The molecule has 3 rings (SSSR count). The zero-order valence-electron chi connectivity index (χ0n) is 17.4. The van der Waals surface area contributed by atoms with Crippen molar-refractivity contribution in [2.45, 2.75) is 18.4 Å². The van der Waals surface area contributed by atoms with Crippen LogP contribution in [0.5, 0.6) is 5.75 Å². The van der Waals surface area contributed by atoms with E-state index in [0.29, 0.717) is 32.5 Å². The molecular weight excluding hydrogens is 388 g/mol. The summed E-state index contributed by atoms with van der Waals surface area (Å²) in [4.78, 5) is 16.8. The number of aliphatic hydroxyl groups is 1. The molecule has 1 saturated heterocycles. The normalized spacial score (nSPS) is 21.6. The summed E-state index contributed by atoms with van der Waals surface area (Å²) in [5.41, 5.74) is 0.890. The molecule has 1 N–H and O–H groups in total. The van der Waals surface area contributed by atoms with Crippen LogP contribution in [0.15, 0.2) is 54.6 Å². The Kier molecular flexibility index (Phi) is 8.08. The van der Waals surface area contributed by atoms with E-state index < -0.39 is 5.60 Å². The number of carbonyl (C=O) groups is 1. The van der Waals surface area contributed by atoms with E-state index in [0.717, 1.165) is 16.9 Å². The van der Waals surface area contributed by atoms with Crippen molar-refractivity contribution in [3.05, 3.63) is 65.7 Å². The van der Waals surface area contributed by atoms with Gasteiger partial charge in [-0.3, -0.25) is 4.79 Å². The molecule has 2 aromatic rings. The van der Waals surface area contributed by atoms with E-state index in [9.17, 15) is 9.90 Å². The van der Waals surface area contributed by atoms with Crippen molar-refractivity contribution in [1.29, 1.82) is 0 Å². The molecule has 0 radical (unpaired) electrons. The Balaban J connectivity index is 0.00000300. The number of benzene rings is 2. The number of nitrogens with zero attached hydrogens (tertiary/aromatic N) is 2. The van der Waals surface area contributed by atoms with E-state index in [1.807, 2.05) is 73.6 Å². The van der Waals surface area contributed by atoms with Crippen LogP contribution in [0.25, 0.3) is 0 Å². The van der Waals surface area contributed by atoms with E-state index in [1.54, 1.807) is 7.11 Å². The smallest absolute Gasteiger partial charge is 0.227 e. The van der Waals surface area contributed by atoms with E-state index in [4.69, 9.17) is 4.74 Å². The van der Waals surface area contributed by atoms with Crippen molar-refractivity contribution < 1.29 is 14.6 Å². The molecule has 0 spiro atoms. The molecule has 0 bridgehead atoms. The fraction of sp³-hybridized carbons (Fsp3) is 0.435. The van der Waals surface area contributed by atoms with Gasteiger partial charge < -0.3 is 19.6 Å². The molecule has 2 aromatic carbocycles. The third-order valence-electron chi connectivity index (χ3n) is 5.59. The molecule has 2 atom stereocenters. The predicted octanol–water partition coefficient (Wildman–Crippen LogP) is 2.96. The molecule has 0 aliphatic carbocycles. The van der Waals surface area contributed by atoms with Crippen molar-refractivity contribution in [2.75, 3.05) is 40.8 Å². The Morgan fingerprint density at radius 1 is 1.21 bits per heavy atom. The molecule has 5 nitrogen and oxygen atoms in total. The quantitative estimate of drug-likeness (QED) is 0.783. The Morgan fingerprint density at radius 3 is 2.59 bits per heavy atom. The number of halogens is 1. The lowest BCUT2D eigenvalue weighted by Gasteiger charge is -2.46. The van der Waals surface area contributed by atoms with Crippen LogP contribution in [0, 0.1) is 5.92 Å². The minimum absolute atomic E-state index is 0. The molecule has 1 heterocycles. The number of piperidine rings is 1. The highest BCUT2D eigenvalue weighted by Crippen LogP contribution is 2.39. The first-order valence-electron chi connectivity index (χ1n) is 9.75. The third kappa shape index (κ3) is 5.50. The fourth-order valence-corrected chi connectivity index (χ4v) is 4.05. The lowest BCUT2D eigenvalue weighted by atomic mass is 9.75. The van der Waals surface area contributed by atoms with Gasteiger partial charge in [0, 0.05) is 25.6 Å². The van der Waals surface area contributed by atoms with Crippen molar-refractivity contribution >= 4 is 18.3 Å². The van der Waals surface area contributed by atoms with Gasteiger partial charge in [-0.15, -0.1) is 12.4 Å². The topological polar surface area (TPSA) is 53.0 Å². The van der Waals surface area contributed by atoms with Gasteiger partial charge in [0.2, 0.25) is 5.91 Å². The van der Waals surface area contributed by atoms with Gasteiger partial charge in [0.05, 0.1) is 19.1 Å². The van der Waals surface area contributed by atoms with Gasteiger partial charge in [-0.05, 0) is 43.8 Å². The maximum Gasteiger partial charge on any atom is 0.227 e. The molecule has 0 saturated carbocycles. The van der Waals surface area contributed by atoms with Crippen LogP contribution < -0.4 is 4.74 Å². The van der Waals surface area contributed by atoms with E-state index in [2.05, 4.69) is 4.90 Å². The monoisotopic (exact) mass is 418 g/mol. The Hall–Kier alpha value is -2.08. The number of hydrogen-bond donors (Lipinski definition) is 1. The number of likely N-dealkylation sites (tertiary alicyclic amines) is 1. The molecule has 1 fully saturated rings. The van der Waals surface area contributed by atoms with Gasteiger partial charge in [-0.25, -0.2) is 0 Å². The maximum atomic E-state index is 12.9. The summed E-state index contributed by atoms with van der Waals surface area (Å²) in [6.07, 6.45) is 0.909. The number of hydrogen-bond acceptors (Lipinski definition) is 4. The van der Waals surface area contributed by atoms with Crippen molar-refractivity contribution in [3.8, 4) is 5.75 Å². The molecular formula is C23H31ClN2O3. The van der Waals surface area contributed by atoms with Crippen molar-refractivity contribution in [2.24, 2.45) is 5.92 Å². The van der Waals surface area contributed by atoms with E-state index in [-0.39, 0.29) is 24.2 Å². The summed E-state index contributed by atoms with van der Waals surface area (Å²) in [6.45, 7) is 1.78. The molecule has 1 aliphatic heterocycles. The number of ether oxygens (including phenoxy) is 1. The molecule has 158 valence electrons. The van der Waals surface area contributed by atoms with Gasteiger partial charge in [-0.1, -0.05) is 42.5 Å². The second kappa shape index (κ2) is 10.1.